The Morgan fingerprint density at radius 1 is 1.08 bits per heavy atom. The highest BCUT2D eigenvalue weighted by Gasteiger charge is 2.32. The van der Waals surface area contributed by atoms with Crippen LogP contribution in [0.5, 0.6) is 5.75 Å². The minimum Gasteiger partial charge on any atom is -0.433 e. The summed E-state index contributed by atoms with van der Waals surface area (Å²) in [6.07, 6.45) is -5.06. The van der Waals surface area contributed by atoms with Crippen molar-refractivity contribution in [2.24, 2.45) is 0 Å². The van der Waals surface area contributed by atoms with Gasteiger partial charge in [-0.2, -0.15) is 22.0 Å². The number of cyclic esters (lactones) is 2. The Balaban J connectivity index is 1.17. The van der Waals surface area contributed by atoms with Crippen LogP contribution in [-0.2, 0) is 20.6 Å². The zero-order chi connectivity index (χ0) is 34.5. The van der Waals surface area contributed by atoms with Gasteiger partial charge < -0.3 is 34.5 Å². The Morgan fingerprint density at radius 2 is 1.86 bits per heavy atom. The third-order valence-electron chi connectivity index (χ3n) is 8.44. The van der Waals surface area contributed by atoms with E-state index in [-0.39, 0.29) is 52.9 Å². The molecule has 3 saturated heterocycles. The average molecular weight is 713 g/mol. The van der Waals surface area contributed by atoms with Gasteiger partial charge in [-0.25, -0.2) is 9.18 Å². The van der Waals surface area contributed by atoms with Gasteiger partial charge in [0.1, 0.15) is 12.4 Å². The number of hydrogen-bond donors (Lipinski definition) is 2. The predicted molar refractivity (Wildman–Crippen MR) is 172 cm³/mol. The second-order valence-electron chi connectivity index (χ2n) is 11.8. The van der Waals surface area contributed by atoms with Gasteiger partial charge in [0.05, 0.1) is 52.8 Å². The third-order valence-corrected chi connectivity index (χ3v) is 9.64. The van der Waals surface area contributed by atoms with Crippen molar-refractivity contribution >= 4 is 44.6 Å². The van der Waals surface area contributed by atoms with Crippen LogP contribution >= 0.6 is 11.3 Å². The number of benzene rings is 2. The van der Waals surface area contributed by atoms with Crippen LogP contribution in [0.3, 0.4) is 0 Å². The Labute approximate surface area is 282 Å². The van der Waals surface area contributed by atoms with Gasteiger partial charge in [0.2, 0.25) is 0 Å². The summed E-state index contributed by atoms with van der Waals surface area (Å²) in [5.41, 5.74) is 0.790. The molecule has 9 nitrogen and oxygen atoms in total. The third kappa shape index (κ3) is 8.94. The molecule has 49 heavy (non-hydrogen) atoms. The van der Waals surface area contributed by atoms with Gasteiger partial charge in [-0.3, -0.25) is 4.90 Å². The Bertz CT molecular complexity index is 1700. The van der Waals surface area contributed by atoms with Gasteiger partial charge in [-0.05, 0) is 29.9 Å². The standard InChI is InChI=1S/C33H34F6N4O5S/c34-24-15-26(28(48-31(35)36)16-27(24)43-11-13-45-14-12-43)40-8-2-5-29-23(17-33(37,38)39)22-3-1-4-25(30(22)49-29)41-20-6-9-42(10-7-20)18-21-19-46-32(44)47-21/h1,3-4,15-16,20-21,31,40-41H,6-14,17-19H2. The summed E-state index contributed by atoms with van der Waals surface area (Å²) >= 11 is 1.14. The number of morpholine rings is 1. The number of fused-ring (bicyclic) bond motifs is 1. The zero-order valence-corrected chi connectivity index (χ0v) is 27.0. The smallest absolute Gasteiger partial charge is 0.433 e. The summed E-state index contributed by atoms with van der Waals surface area (Å²) in [5.74, 6) is 4.67. The fourth-order valence-electron chi connectivity index (χ4n) is 6.17. The van der Waals surface area contributed by atoms with E-state index in [4.69, 9.17) is 14.2 Å². The molecule has 4 heterocycles. The molecule has 0 bridgehead atoms. The number of halogens is 6. The van der Waals surface area contributed by atoms with Crippen LogP contribution in [0.4, 0.5) is 48.2 Å². The van der Waals surface area contributed by atoms with Crippen molar-refractivity contribution in [2.75, 3.05) is 74.6 Å². The van der Waals surface area contributed by atoms with E-state index in [1.165, 1.54) is 6.07 Å². The maximum atomic E-state index is 15.0. The van der Waals surface area contributed by atoms with Gasteiger partial charge >= 0.3 is 18.9 Å². The second-order valence-corrected chi connectivity index (χ2v) is 12.9. The van der Waals surface area contributed by atoms with E-state index in [9.17, 15) is 26.7 Å². The van der Waals surface area contributed by atoms with Gasteiger partial charge in [-0.1, -0.05) is 24.0 Å². The minimum atomic E-state index is -4.49. The van der Waals surface area contributed by atoms with Crippen molar-refractivity contribution < 1.29 is 50.1 Å². The number of nitrogens with zero attached hydrogens (tertiary/aromatic N) is 2. The number of thiophene rings is 1. The molecular formula is C33H34F6N4O5S. The fourth-order valence-corrected chi connectivity index (χ4v) is 7.34. The Kier molecular flexibility index (Phi) is 10.8. The highest BCUT2D eigenvalue weighted by atomic mass is 32.1. The highest BCUT2D eigenvalue weighted by molar-refractivity contribution is 7.20. The molecule has 2 aromatic carbocycles. The van der Waals surface area contributed by atoms with E-state index in [1.54, 1.807) is 17.0 Å². The molecule has 0 aliphatic carbocycles. The van der Waals surface area contributed by atoms with Gasteiger partial charge in [-0.15, -0.1) is 11.3 Å². The lowest BCUT2D eigenvalue weighted by atomic mass is 10.0. The number of anilines is 3. The van der Waals surface area contributed by atoms with Crippen LogP contribution in [0.1, 0.15) is 23.3 Å². The number of hydrogen-bond acceptors (Lipinski definition) is 10. The monoisotopic (exact) mass is 712 g/mol. The van der Waals surface area contributed by atoms with Crippen molar-refractivity contribution in [3.8, 4) is 17.6 Å². The van der Waals surface area contributed by atoms with E-state index >= 15 is 4.39 Å². The lowest BCUT2D eigenvalue weighted by Gasteiger charge is -2.33. The molecule has 3 aromatic rings. The molecular weight excluding hydrogens is 678 g/mol. The summed E-state index contributed by atoms with van der Waals surface area (Å²) in [5, 5.41) is 6.72. The molecule has 6 rings (SSSR count). The van der Waals surface area contributed by atoms with Crippen LogP contribution in [0.2, 0.25) is 0 Å². The number of rotatable bonds is 10. The summed E-state index contributed by atoms with van der Waals surface area (Å²) in [6, 6.07) is 7.49. The molecule has 3 fully saturated rings. The average Bonchev–Trinajstić information content (AvgIpc) is 3.63. The second kappa shape index (κ2) is 15.2. The molecule has 0 radical (unpaired) electrons. The molecule has 2 N–H and O–H groups in total. The number of alkyl halides is 5. The van der Waals surface area contributed by atoms with Crippen molar-refractivity contribution in [3.05, 3.63) is 46.6 Å². The first-order valence-electron chi connectivity index (χ1n) is 15.8. The summed E-state index contributed by atoms with van der Waals surface area (Å²) in [6.45, 7) is 0.453. The van der Waals surface area contributed by atoms with Crippen LogP contribution in [0, 0.1) is 17.7 Å². The molecule has 3 aliphatic heterocycles. The van der Waals surface area contributed by atoms with E-state index in [0.29, 0.717) is 48.6 Å². The largest absolute Gasteiger partial charge is 0.508 e. The molecule has 0 amide bonds. The van der Waals surface area contributed by atoms with Gasteiger partial charge in [0.15, 0.2) is 11.9 Å². The Morgan fingerprint density at radius 3 is 2.55 bits per heavy atom. The zero-order valence-electron chi connectivity index (χ0n) is 26.2. The number of likely N-dealkylation sites (tertiary alicyclic amines) is 1. The number of nitrogens with one attached hydrogen (secondary N) is 2. The molecule has 16 heteroatoms. The van der Waals surface area contributed by atoms with Crippen LogP contribution in [0.25, 0.3) is 10.1 Å². The summed E-state index contributed by atoms with van der Waals surface area (Å²) < 4.78 is 103. The van der Waals surface area contributed by atoms with E-state index in [1.807, 2.05) is 6.07 Å². The first-order chi connectivity index (χ1) is 23.5. The van der Waals surface area contributed by atoms with Crippen molar-refractivity contribution in [3.63, 3.8) is 0 Å². The molecule has 264 valence electrons. The normalized spacial score (nSPS) is 19.0. The van der Waals surface area contributed by atoms with E-state index in [0.717, 1.165) is 43.3 Å². The molecule has 3 aliphatic rings. The highest BCUT2D eigenvalue weighted by Crippen LogP contribution is 2.40. The van der Waals surface area contributed by atoms with Crippen LogP contribution < -0.4 is 20.3 Å². The lowest BCUT2D eigenvalue weighted by molar-refractivity contribution is -0.127. The molecule has 1 atom stereocenters. The predicted octanol–water partition coefficient (Wildman–Crippen LogP) is 6.46. The topological polar surface area (TPSA) is 84.5 Å². The summed E-state index contributed by atoms with van der Waals surface area (Å²) in [4.78, 5) is 15.3. The quantitative estimate of drug-likeness (QED) is 0.140. The number of ether oxygens (including phenoxy) is 4. The van der Waals surface area contributed by atoms with Gasteiger partial charge in [0, 0.05) is 50.9 Å². The maximum absolute atomic E-state index is 15.0. The van der Waals surface area contributed by atoms with Crippen LogP contribution in [-0.4, -0.2) is 95.1 Å². The first-order valence-corrected chi connectivity index (χ1v) is 16.6. The van der Waals surface area contributed by atoms with Crippen molar-refractivity contribution in [1.29, 1.82) is 0 Å². The summed E-state index contributed by atoms with van der Waals surface area (Å²) in [7, 11) is 0. The maximum Gasteiger partial charge on any atom is 0.508 e. The number of carbonyl (C=O) groups is 1. The molecule has 1 unspecified atom stereocenters. The lowest BCUT2D eigenvalue weighted by Crippen LogP contribution is -2.43. The van der Waals surface area contributed by atoms with Crippen molar-refractivity contribution in [2.45, 2.75) is 44.2 Å². The van der Waals surface area contributed by atoms with Crippen LogP contribution in [0.15, 0.2) is 30.3 Å². The number of piperidine rings is 1. The number of carbonyl (C=O) groups excluding carboxylic acids is 1. The van der Waals surface area contributed by atoms with Crippen molar-refractivity contribution in [1.82, 2.24) is 4.90 Å². The Hall–Kier alpha value is -4.07. The molecule has 0 spiro atoms. The minimum absolute atomic E-state index is 0.0504. The molecule has 1 aromatic heterocycles. The van der Waals surface area contributed by atoms with Gasteiger partial charge in [0.25, 0.3) is 0 Å². The first kappa shape index (κ1) is 34.8. The molecule has 0 saturated carbocycles. The fraction of sp³-hybridized carbons (Fsp3) is 0.485. The van der Waals surface area contributed by atoms with E-state index < -0.39 is 31.2 Å². The SMILES string of the molecule is O=C1OCC(CN2CCC(Nc3cccc4c(CC(F)(F)F)c(C#CCNc5cc(F)c(N6CCOCC6)cc5OC(F)F)sc34)CC2)O1. The van der Waals surface area contributed by atoms with E-state index in [2.05, 4.69) is 32.1 Å².